The van der Waals surface area contributed by atoms with E-state index in [0.29, 0.717) is 12.6 Å². The van der Waals surface area contributed by atoms with E-state index in [-0.39, 0.29) is 6.61 Å². The molecular weight excluding hydrogens is 226 g/mol. The summed E-state index contributed by atoms with van der Waals surface area (Å²) in [5.74, 6) is 0. The van der Waals surface area contributed by atoms with E-state index in [4.69, 9.17) is 10.8 Å². The van der Waals surface area contributed by atoms with Crippen LogP contribution in [0.4, 0.5) is 11.4 Å². The molecule has 4 N–H and O–H groups in total. The third kappa shape index (κ3) is 3.62. The summed E-state index contributed by atoms with van der Waals surface area (Å²) in [5.41, 5.74) is 7.78. The standard InChI is InChI=1S/C14H23N3O/c15-12-3-5-14(6-4-12)17-9-1-2-13(7-10-17)16-8-11-18/h3-6,13,16,18H,1-2,7-11,15H2. The molecule has 1 fully saturated rings. The maximum absolute atomic E-state index is 8.84. The lowest BCUT2D eigenvalue weighted by atomic mass is 10.1. The Bertz CT molecular complexity index is 353. The summed E-state index contributed by atoms with van der Waals surface area (Å²) in [6.45, 7) is 3.08. The minimum Gasteiger partial charge on any atom is -0.399 e. The quantitative estimate of drug-likeness (QED) is 0.702. The number of nitrogens with one attached hydrogen (secondary N) is 1. The van der Waals surface area contributed by atoms with Crippen LogP contribution in [0.5, 0.6) is 0 Å². The van der Waals surface area contributed by atoms with Crippen molar-refractivity contribution < 1.29 is 5.11 Å². The SMILES string of the molecule is Nc1ccc(N2CCCC(NCCO)CC2)cc1. The zero-order valence-electron chi connectivity index (χ0n) is 10.8. The summed E-state index contributed by atoms with van der Waals surface area (Å²) in [7, 11) is 0. The number of nitrogen functional groups attached to an aromatic ring is 1. The van der Waals surface area contributed by atoms with Crippen molar-refractivity contribution >= 4 is 11.4 Å². The topological polar surface area (TPSA) is 61.5 Å². The Labute approximate surface area is 109 Å². The Morgan fingerprint density at radius 1 is 1.22 bits per heavy atom. The molecule has 4 heteroatoms. The van der Waals surface area contributed by atoms with Crippen molar-refractivity contribution in [1.82, 2.24) is 5.32 Å². The van der Waals surface area contributed by atoms with Gasteiger partial charge in [-0.2, -0.15) is 0 Å². The number of hydrogen-bond acceptors (Lipinski definition) is 4. The molecule has 1 aliphatic heterocycles. The second kappa shape index (κ2) is 6.61. The molecule has 0 aromatic heterocycles. The molecule has 0 saturated carbocycles. The number of nitrogens with zero attached hydrogens (tertiary/aromatic N) is 1. The minimum absolute atomic E-state index is 0.220. The van der Waals surface area contributed by atoms with Crippen molar-refractivity contribution in [2.45, 2.75) is 25.3 Å². The Balaban J connectivity index is 1.90. The molecule has 1 aliphatic rings. The van der Waals surface area contributed by atoms with Gasteiger partial charge in [0.15, 0.2) is 0 Å². The van der Waals surface area contributed by atoms with Gasteiger partial charge in [-0.15, -0.1) is 0 Å². The fourth-order valence-corrected chi connectivity index (χ4v) is 2.51. The number of hydrogen-bond donors (Lipinski definition) is 3. The lowest BCUT2D eigenvalue weighted by Gasteiger charge is -2.23. The van der Waals surface area contributed by atoms with Gasteiger partial charge in [0.05, 0.1) is 6.61 Å². The molecule has 1 heterocycles. The Morgan fingerprint density at radius 2 is 2.00 bits per heavy atom. The van der Waals surface area contributed by atoms with Crippen LogP contribution in [0.1, 0.15) is 19.3 Å². The minimum atomic E-state index is 0.220. The number of aliphatic hydroxyl groups is 1. The van der Waals surface area contributed by atoms with Crippen LogP contribution in [-0.4, -0.2) is 37.4 Å². The average Bonchev–Trinajstić information content (AvgIpc) is 2.63. The van der Waals surface area contributed by atoms with E-state index < -0.39 is 0 Å². The number of aliphatic hydroxyl groups excluding tert-OH is 1. The predicted octanol–water partition coefficient (Wildman–Crippen LogP) is 1.21. The number of nitrogens with two attached hydrogens (primary N) is 1. The van der Waals surface area contributed by atoms with Crippen LogP contribution in [-0.2, 0) is 0 Å². The third-order valence-electron chi connectivity index (χ3n) is 3.53. The Morgan fingerprint density at radius 3 is 2.72 bits per heavy atom. The van der Waals surface area contributed by atoms with Gasteiger partial charge in [0, 0.05) is 37.1 Å². The molecule has 0 bridgehead atoms. The van der Waals surface area contributed by atoms with E-state index in [0.717, 1.165) is 25.2 Å². The average molecular weight is 249 g/mol. The predicted molar refractivity (Wildman–Crippen MR) is 75.8 cm³/mol. The number of rotatable bonds is 4. The zero-order valence-corrected chi connectivity index (χ0v) is 10.8. The lowest BCUT2D eigenvalue weighted by molar-refractivity contribution is 0.281. The van der Waals surface area contributed by atoms with E-state index in [1.165, 1.54) is 18.5 Å². The monoisotopic (exact) mass is 249 g/mol. The van der Waals surface area contributed by atoms with Crippen LogP contribution < -0.4 is 16.0 Å². The molecule has 1 saturated heterocycles. The molecule has 2 rings (SSSR count). The fourth-order valence-electron chi connectivity index (χ4n) is 2.51. The highest BCUT2D eigenvalue weighted by Crippen LogP contribution is 2.20. The maximum atomic E-state index is 8.84. The molecular formula is C14H23N3O. The molecule has 0 aliphatic carbocycles. The van der Waals surface area contributed by atoms with Gasteiger partial charge in [-0.05, 0) is 43.5 Å². The van der Waals surface area contributed by atoms with Crippen molar-refractivity contribution in [3.8, 4) is 0 Å². The van der Waals surface area contributed by atoms with Crippen molar-refractivity contribution in [1.29, 1.82) is 0 Å². The van der Waals surface area contributed by atoms with Gasteiger partial charge in [0.2, 0.25) is 0 Å². The first-order chi connectivity index (χ1) is 8.79. The van der Waals surface area contributed by atoms with Crippen molar-refractivity contribution in [2.75, 3.05) is 36.9 Å². The highest BCUT2D eigenvalue weighted by molar-refractivity contribution is 5.53. The summed E-state index contributed by atoms with van der Waals surface area (Å²) >= 11 is 0. The van der Waals surface area contributed by atoms with Gasteiger partial charge in [-0.25, -0.2) is 0 Å². The molecule has 100 valence electrons. The number of benzene rings is 1. The molecule has 1 aromatic carbocycles. The molecule has 1 atom stereocenters. The van der Waals surface area contributed by atoms with Gasteiger partial charge >= 0.3 is 0 Å². The molecule has 18 heavy (non-hydrogen) atoms. The molecule has 0 spiro atoms. The van der Waals surface area contributed by atoms with E-state index in [1.54, 1.807) is 0 Å². The van der Waals surface area contributed by atoms with Gasteiger partial charge in [-0.1, -0.05) is 0 Å². The number of anilines is 2. The van der Waals surface area contributed by atoms with Gasteiger partial charge < -0.3 is 21.1 Å². The molecule has 0 radical (unpaired) electrons. The molecule has 1 aromatic rings. The first-order valence-electron chi connectivity index (χ1n) is 6.74. The summed E-state index contributed by atoms with van der Waals surface area (Å²) < 4.78 is 0. The fraction of sp³-hybridized carbons (Fsp3) is 0.571. The van der Waals surface area contributed by atoms with Crippen LogP contribution in [0, 0.1) is 0 Å². The second-order valence-corrected chi connectivity index (χ2v) is 4.88. The van der Waals surface area contributed by atoms with Crippen molar-refractivity contribution in [3.63, 3.8) is 0 Å². The van der Waals surface area contributed by atoms with Gasteiger partial charge in [0.25, 0.3) is 0 Å². The van der Waals surface area contributed by atoms with Crippen LogP contribution in [0.3, 0.4) is 0 Å². The molecule has 4 nitrogen and oxygen atoms in total. The third-order valence-corrected chi connectivity index (χ3v) is 3.53. The second-order valence-electron chi connectivity index (χ2n) is 4.88. The molecule has 0 amide bonds. The summed E-state index contributed by atoms with van der Waals surface area (Å²) in [6.07, 6.45) is 3.50. The highest BCUT2D eigenvalue weighted by Gasteiger charge is 2.16. The summed E-state index contributed by atoms with van der Waals surface area (Å²) in [4.78, 5) is 2.42. The Hall–Kier alpha value is -1.26. The normalized spacial score (nSPS) is 20.7. The van der Waals surface area contributed by atoms with E-state index in [2.05, 4.69) is 22.3 Å². The van der Waals surface area contributed by atoms with Gasteiger partial charge in [0.1, 0.15) is 0 Å². The van der Waals surface area contributed by atoms with E-state index in [1.807, 2.05) is 12.1 Å². The van der Waals surface area contributed by atoms with Crippen molar-refractivity contribution in [2.24, 2.45) is 0 Å². The van der Waals surface area contributed by atoms with E-state index >= 15 is 0 Å². The van der Waals surface area contributed by atoms with E-state index in [9.17, 15) is 0 Å². The summed E-state index contributed by atoms with van der Waals surface area (Å²) in [5, 5.41) is 12.2. The highest BCUT2D eigenvalue weighted by atomic mass is 16.3. The van der Waals surface area contributed by atoms with Crippen LogP contribution in [0.2, 0.25) is 0 Å². The van der Waals surface area contributed by atoms with Crippen molar-refractivity contribution in [3.05, 3.63) is 24.3 Å². The smallest absolute Gasteiger partial charge is 0.0556 e. The van der Waals surface area contributed by atoms with Crippen LogP contribution in [0.25, 0.3) is 0 Å². The van der Waals surface area contributed by atoms with Gasteiger partial charge in [-0.3, -0.25) is 0 Å². The summed E-state index contributed by atoms with van der Waals surface area (Å²) in [6, 6.07) is 8.65. The maximum Gasteiger partial charge on any atom is 0.0556 e. The lowest BCUT2D eigenvalue weighted by Crippen LogP contribution is -2.32. The first kappa shape index (κ1) is 13.2. The van der Waals surface area contributed by atoms with Crippen LogP contribution in [0.15, 0.2) is 24.3 Å². The largest absolute Gasteiger partial charge is 0.399 e. The van der Waals surface area contributed by atoms with Crippen LogP contribution >= 0.6 is 0 Å². The first-order valence-corrected chi connectivity index (χ1v) is 6.74. The Kier molecular flexibility index (Phi) is 4.84. The zero-order chi connectivity index (χ0) is 12.8. The molecule has 1 unspecified atom stereocenters.